The Hall–Kier alpha value is -2.75. The number of aromatic hydroxyl groups is 1. The molecule has 27 heavy (non-hydrogen) atoms. The molecule has 0 spiro atoms. The number of para-hydroxylation sites is 2. The molecule has 4 heteroatoms. The van der Waals surface area contributed by atoms with Crippen molar-refractivity contribution in [3.8, 4) is 11.5 Å². The van der Waals surface area contributed by atoms with Crippen LogP contribution in [0.4, 0.5) is 11.4 Å². The SMILES string of the molecule is CCCN1c2cc(OC)c(C=Nc3ccccc3O)cc2C(C)=CC1(C)C. The van der Waals surface area contributed by atoms with Gasteiger partial charge in [0.1, 0.15) is 17.2 Å². The summed E-state index contributed by atoms with van der Waals surface area (Å²) in [5.41, 5.74) is 5.04. The number of fused-ring (bicyclic) bond motifs is 1. The summed E-state index contributed by atoms with van der Waals surface area (Å²) in [7, 11) is 1.68. The van der Waals surface area contributed by atoms with Crippen LogP contribution >= 0.6 is 0 Å². The molecule has 2 aromatic carbocycles. The van der Waals surface area contributed by atoms with Gasteiger partial charge in [-0.1, -0.05) is 25.1 Å². The van der Waals surface area contributed by atoms with Crippen LogP contribution in [0.1, 0.15) is 45.2 Å². The number of rotatable bonds is 5. The van der Waals surface area contributed by atoms with Crippen LogP contribution in [0.2, 0.25) is 0 Å². The number of phenols is 1. The Morgan fingerprint density at radius 1 is 1.22 bits per heavy atom. The highest BCUT2D eigenvalue weighted by Gasteiger charge is 2.31. The first-order chi connectivity index (χ1) is 12.9. The van der Waals surface area contributed by atoms with Crippen molar-refractivity contribution in [3.63, 3.8) is 0 Å². The zero-order valence-electron chi connectivity index (χ0n) is 16.8. The summed E-state index contributed by atoms with van der Waals surface area (Å²) >= 11 is 0. The van der Waals surface area contributed by atoms with E-state index in [1.54, 1.807) is 31.5 Å². The number of nitrogens with zero attached hydrogens (tertiary/aromatic N) is 2. The van der Waals surface area contributed by atoms with E-state index in [9.17, 15) is 5.11 Å². The molecule has 2 aromatic rings. The molecule has 0 radical (unpaired) electrons. The normalized spacial score (nSPS) is 15.6. The van der Waals surface area contributed by atoms with Crippen molar-refractivity contribution >= 4 is 23.2 Å². The average Bonchev–Trinajstić information content (AvgIpc) is 2.63. The van der Waals surface area contributed by atoms with Crippen LogP contribution in [0, 0.1) is 0 Å². The maximum absolute atomic E-state index is 9.94. The van der Waals surface area contributed by atoms with E-state index in [4.69, 9.17) is 4.74 Å². The molecule has 0 atom stereocenters. The molecule has 0 amide bonds. The van der Waals surface area contributed by atoms with E-state index in [1.165, 1.54) is 16.8 Å². The Morgan fingerprint density at radius 3 is 2.63 bits per heavy atom. The summed E-state index contributed by atoms with van der Waals surface area (Å²) in [5.74, 6) is 0.942. The molecule has 0 bridgehead atoms. The third-order valence-electron chi connectivity index (χ3n) is 5.00. The van der Waals surface area contributed by atoms with Crippen molar-refractivity contribution < 1.29 is 9.84 Å². The van der Waals surface area contributed by atoms with Crippen molar-refractivity contribution in [2.75, 3.05) is 18.6 Å². The molecule has 1 aliphatic rings. The monoisotopic (exact) mass is 364 g/mol. The number of ether oxygens (including phenoxy) is 1. The zero-order chi connectivity index (χ0) is 19.6. The van der Waals surface area contributed by atoms with E-state index in [0.717, 1.165) is 24.3 Å². The predicted octanol–water partition coefficient (Wildman–Crippen LogP) is 5.56. The van der Waals surface area contributed by atoms with Gasteiger partial charge in [-0.15, -0.1) is 0 Å². The molecule has 3 rings (SSSR count). The van der Waals surface area contributed by atoms with Crippen molar-refractivity contribution in [1.82, 2.24) is 0 Å². The first-order valence-electron chi connectivity index (χ1n) is 9.39. The Morgan fingerprint density at radius 2 is 1.96 bits per heavy atom. The average molecular weight is 364 g/mol. The van der Waals surface area contributed by atoms with E-state index in [1.807, 2.05) is 6.07 Å². The van der Waals surface area contributed by atoms with Crippen molar-refractivity contribution in [2.45, 2.75) is 39.7 Å². The number of methoxy groups -OCH3 is 1. The summed E-state index contributed by atoms with van der Waals surface area (Å²) in [6.45, 7) is 9.83. The van der Waals surface area contributed by atoms with E-state index in [2.05, 4.69) is 55.8 Å². The van der Waals surface area contributed by atoms with Gasteiger partial charge >= 0.3 is 0 Å². The third-order valence-corrected chi connectivity index (χ3v) is 5.00. The molecular formula is C23H28N2O2. The second kappa shape index (κ2) is 7.47. The Balaban J connectivity index is 2.09. The molecule has 1 heterocycles. The molecule has 0 unspecified atom stereocenters. The number of allylic oxidation sites excluding steroid dienone is 1. The number of hydrogen-bond donors (Lipinski definition) is 1. The van der Waals surface area contributed by atoms with Crippen molar-refractivity contribution in [2.24, 2.45) is 4.99 Å². The zero-order valence-corrected chi connectivity index (χ0v) is 16.8. The minimum absolute atomic E-state index is 0.0382. The van der Waals surface area contributed by atoms with Gasteiger partial charge in [0, 0.05) is 35.6 Å². The Kier molecular flexibility index (Phi) is 5.26. The van der Waals surface area contributed by atoms with Crippen LogP contribution in [-0.2, 0) is 0 Å². The lowest BCUT2D eigenvalue weighted by Gasteiger charge is -2.43. The van der Waals surface area contributed by atoms with Gasteiger partial charge in [0.15, 0.2) is 0 Å². The summed E-state index contributed by atoms with van der Waals surface area (Å²) in [6, 6.07) is 11.3. The number of hydrogen-bond acceptors (Lipinski definition) is 4. The summed E-state index contributed by atoms with van der Waals surface area (Å²) in [5, 5.41) is 9.94. The number of benzene rings is 2. The minimum Gasteiger partial charge on any atom is -0.506 e. The van der Waals surface area contributed by atoms with Gasteiger partial charge in [0.25, 0.3) is 0 Å². The first kappa shape index (κ1) is 19.0. The van der Waals surface area contributed by atoms with Crippen molar-refractivity contribution in [1.29, 1.82) is 0 Å². The lowest BCUT2D eigenvalue weighted by Crippen LogP contribution is -2.45. The first-order valence-corrected chi connectivity index (χ1v) is 9.39. The predicted molar refractivity (Wildman–Crippen MR) is 114 cm³/mol. The van der Waals surface area contributed by atoms with E-state index in [-0.39, 0.29) is 11.3 Å². The van der Waals surface area contributed by atoms with E-state index >= 15 is 0 Å². The minimum atomic E-state index is -0.0382. The quantitative estimate of drug-likeness (QED) is 0.706. The van der Waals surface area contributed by atoms with Crippen LogP contribution < -0.4 is 9.64 Å². The van der Waals surface area contributed by atoms with Crippen molar-refractivity contribution in [3.05, 3.63) is 53.6 Å². The second-order valence-corrected chi connectivity index (χ2v) is 7.49. The van der Waals surface area contributed by atoms with Crippen LogP contribution in [0.15, 0.2) is 47.5 Å². The molecule has 1 aliphatic heterocycles. The second-order valence-electron chi connectivity index (χ2n) is 7.49. The molecule has 4 nitrogen and oxygen atoms in total. The van der Waals surface area contributed by atoms with Gasteiger partial charge in [0.2, 0.25) is 0 Å². The number of anilines is 1. The molecule has 0 aliphatic carbocycles. The number of phenolic OH excluding ortho intramolecular Hbond substituents is 1. The fraction of sp³-hybridized carbons (Fsp3) is 0.348. The highest BCUT2D eigenvalue weighted by atomic mass is 16.5. The standard InChI is InChI=1S/C23H28N2O2/c1-6-11-25-20-13-22(27-5)17(12-18(20)16(2)14-23(25,3)4)15-24-19-9-7-8-10-21(19)26/h7-10,12-15,26H,6,11H2,1-5H3. The maximum Gasteiger partial charge on any atom is 0.141 e. The summed E-state index contributed by atoms with van der Waals surface area (Å²) in [6.07, 6.45) is 5.15. The molecule has 1 N–H and O–H groups in total. The van der Waals surface area contributed by atoms with Crippen LogP contribution in [0.25, 0.3) is 5.57 Å². The molecule has 0 saturated carbocycles. The lowest BCUT2D eigenvalue weighted by molar-refractivity contribution is 0.413. The topological polar surface area (TPSA) is 45.1 Å². The summed E-state index contributed by atoms with van der Waals surface area (Å²) in [4.78, 5) is 6.89. The molecular weight excluding hydrogens is 336 g/mol. The van der Waals surface area contributed by atoms with Crippen LogP contribution in [-0.4, -0.2) is 30.5 Å². The van der Waals surface area contributed by atoms with Crippen LogP contribution in [0.5, 0.6) is 11.5 Å². The van der Waals surface area contributed by atoms with Gasteiger partial charge in [-0.05, 0) is 51.0 Å². The van der Waals surface area contributed by atoms with Gasteiger partial charge in [0.05, 0.1) is 12.6 Å². The lowest BCUT2D eigenvalue weighted by atomic mass is 9.87. The van der Waals surface area contributed by atoms with Gasteiger partial charge < -0.3 is 14.7 Å². The summed E-state index contributed by atoms with van der Waals surface area (Å²) < 4.78 is 5.66. The van der Waals surface area contributed by atoms with Crippen LogP contribution in [0.3, 0.4) is 0 Å². The van der Waals surface area contributed by atoms with Gasteiger partial charge in [-0.3, -0.25) is 4.99 Å². The number of aliphatic imine (C=N–C) groups is 1. The van der Waals surface area contributed by atoms with E-state index < -0.39 is 0 Å². The molecule has 0 fully saturated rings. The fourth-order valence-electron chi connectivity index (χ4n) is 3.74. The molecule has 142 valence electrons. The molecule has 0 saturated heterocycles. The maximum atomic E-state index is 9.94. The smallest absolute Gasteiger partial charge is 0.141 e. The van der Waals surface area contributed by atoms with E-state index in [0.29, 0.717) is 5.69 Å². The third kappa shape index (κ3) is 3.70. The highest BCUT2D eigenvalue weighted by Crippen LogP contribution is 2.42. The Bertz CT molecular complexity index is 897. The van der Waals surface area contributed by atoms with Gasteiger partial charge in [-0.25, -0.2) is 0 Å². The molecule has 0 aromatic heterocycles. The fourth-order valence-corrected chi connectivity index (χ4v) is 3.74. The Labute approximate surface area is 161 Å². The largest absolute Gasteiger partial charge is 0.506 e. The highest BCUT2D eigenvalue weighted by molar-refractivity contribution is 5.92. The van der Waals surface area contributed by atoms with Gasteiger partial charge in [-0.2, -0.15) is 0 Å².